The standard InChI is InChI=1S/C12H7Cl4N/c13-7-1-3-11(9(15)5-7)17-12-4-2-8(14)6-10(12)16/h1-6,17H. The van der Waals surface area contributed by atoms with Crippen LogP contribution in [0.3, 0.4) is 0 Å². The molecule has 88 valence electrons. The molecule has 0 aliphatic rings. The lowest BCUT2D eigenvalue weighted by atomic mass is 10.2. The molecule has 17 heavy (non-hydrogen) atoms. The normalized spacial score (nSPS) is 10.4. The molecular weight excluding hydrogens is 300 g/mol. The fraction of sp³-hybridized carbons (Fsp3) is 0. The van der Waals surface area contributed by atoms with Gasteiger partial charge in [-0.25, -0.2) is 0 Å². The van der Waals surface area contributed by atoms with Gasteiger partial charge in [-0.15, -0.1) is 0 Å². The van der Waals surface area contributed by atoms with E-state index < -0.39 is 0 Å². The predicted molar refractivity (Wildman–Crippen MR) is 76.2 cm³/mol. The Hall–Kier alpha value is -0.600. The van der Waals surface area contributed by atoms with Gasteiger partial charge in [0, 0.05) is 10.0 Å². The van der Waals surface area contributed by atoms with Crippen molar-refractivity contribution in [3.63, 3.8) is 0 Å². The van der Waals surface area contributed by atoms with E-state index in [0.717, 1.165) is 11.4 Å². The van der Waals surface area contributed by atoms with Gasteiger partial charge in [-0.2, -0.15) is 0 Å². The summed E-state index contributed by atoms with van der Waals surface area (Å²) in [7, 11) is 0. The van der Waals surface area contributed by atoms with Crippen molar-refractivity contribution in [1.82, 2.24) is 0 Å². The van der Waals surface area contributed by atoms with Crippen LogP contribution in [-0.4, -0.2) is 0 Å². The molecular formula is C12H7Cl4N. The summed E-state index contributed by atoms with van der Waals surface area (Å²) in [6.45, 7) is 0. The largest absolute Gasteiger partial charge is 0.353 e. The summed E-state index contributed by atoms with van der Waals surface area (Å²) in [6, 6.07) is 10.4. The summed E-state index contributed by atoms with van der Waals surface area (Å²) in [5.74, 6) is 0. The van der Waals surface area contributed by atoms with E-state index in [1.807, 2.05) is 0 Å². The van der Waals surface area contributed by atoms with Crippen LogP contribution in [0.2, 0.25) is 20.1 Å². The first kappa shape index (κ1) is 12.8. The molecule has 0 unspecified atom stereocenters. The molecule has 2 rings (SSSR count). The molecule has 0 saturated carbocycles. The molecule has 0 radical (unpaired) electrons. The van der Waals surface area contributed by atoms with Crippen LogP contribution in [0.5, 0.6) is 0 Å². The van der Waals surface area contributed by atoms with Gasteiger partial charge >= 0.3 is 0 Å². The maximum absolute atomic E-state index is 6.05. The molecule has 0 aliphatic heterocycles. The van der Waals surface area contributed by atoms with Crippen molar-refractivity contribution in [3.05, 3.63) is 56.5 Å². The number of hydrogen-bond acceptors (Lipinski definition) is 1. The third kappa shape index (κ3) is 3.20. The second-order valence-electron chi connectivity index (χ2n) is 3.37. The minimum absolute atomic E-state index is 0.531. The average molecular weight is 307 g/mol. The van der Waals surface area contributed by atoms with Gasteiger partial charge < -0.3 is 5.32 Å². The Morgan fingerprint density at radius 3 is 1.41 bits per heavy atom. The molecule has 0 saturated heterocycles. The maximum atomic E-state index is 6.05. The highest BCUT2D eigenvalue weighted by Crippen LogP contribution is 2.32. The smallest absolute Gasteiger partial charge is 0.0655 e. The summed E-state index contributed by atoms with van der Waals surface area (Å²) in [6.07, 6.45) is 0. The zero-order valence-electron chi connectivity index (χ0n) is 8.48. The van der Waals surface area contributed by atoms with Crippen molar-refractivity contribution in [3.8, 4) is 0 Å². The van der Waals surface area contributed by atoms with E-state index in [0.29, 0.717) is 20.1 Å². The third-order valence-electron chi connectivity index (χ3n) is 2.13. The van der Waals surface area contributed by atoms with Crippen LogP contribution in [-0.2, 0) is 0 Å². The Labute approximate surface area is 119 Å². The van der Waals surface area contributed by atoms with Crippen molar-refractivity contribution in [2.24, 2.45) is 0 Å². The zero-order chi connectivity index (χ0) is 12.4. The minimum atomic E-state index is 0.531. The minimum Gasteiger partial charge on any atom is -0.353 e. The Balaban J connectivity index is 2.31. The molecule has 0 amide bonds. The van der Waals surface area contributed by atoms with E-state index in [-0.39, 0.29) is 0 Å². The number of anilines is 2. The average Bonchev–Trinajstić information content (AvgIpc) is 2.25. The van der Waals surface area contributed by atoms with Crippen LogP contribution in [0.1, 0.15) is 0 Å². The van der Waals surface area contributed by atoms with Gasteiger partial charge in [0.2, 0.25) is 0 Å². The van der Waals surface area contributed by atoms with Crippen LogP contribution in [0.15, 0.2) is 36.4 Å². The maximum Gasteiger partial charge on any atom is 0.0655 e. The first-order valence-corrected chi connectivity index (χ1v) is 6.24. The third-order valence-corrected chi connectivity index (χ3v) is 3.23. The SMILES string of the molecule is Clc1ccc(Nc2ccc(Cl)cc2Cl)c(Cl)c1. The van der Waals surface area contributed by atoms with Gasteiger partial charge in [0.1, 0.15) is 0 Å². The quantitative estimate of drug-likeness (QED) is 0.712. The number of halogens is 4. The highest BCUT2D eigenvalue weighted by atomic mass is 35.5. The second-order valence-corrected chi connectivity index (χ2v) is 5.06. The topological polar surface area (TPSA) is 12.0 Å². The lowest BCUT2D eigenvalue weighted by Gasteiger charge is -2.10. The Bertz CT molecular complexity index is 505. The Morgan fingerprint density at radius 2 is 1.06 bits per heavy atom. The van der Waals surface area contributed by atoms with E-state index in [1.165, 1.54) is 0 Å². The van der Waals surface area contributed by atoms with Crippen LogP contribution in [0.4, 0.5) is 11.4 Å². The highest BCUT2D eigenvalue weighted by Gasteiger charge is 2.05. The summed E-state index contributed by atoms with van der Waals surface area (Å²) in [4.78, 5) is 0. The molecule has 0 spiro atoms. The monoisotopic (exact) mass is 305 g/mol. The number of benzene rings is 2. The first-order chi connectivity index (χ1) is 8.06. The fourth-order valence-corrected chi connectivity index (χ4v) is 2.24. The molecule has 0 fully saturated rings. The summed E-state index contributed by atoms with van der Waals surface area (Å²) in [5.41, 5.74) is 1.47. The van der Waals surface area contributed by atoms with Crippen LogP contribution in [0.25, 0.3) is 0 Å². The molecule has 0 atom stereocenters. The van der Waals surface area contributed by atoms with Crippen molar-refractivity contribution in [1.29, 1.82) is 0 Å². The summed E-state index contributed by atoms with van der Waals surface area (Å²) >= 11 is 23.7. The second kappa shape index (κ2) is 5.36. The van der Waals surface area contributed by atoms with Crippen molar-refractivity contribution in [2.45, 2.75) is 0 Å². The van der Waals surface area contributed by atoms with Crippen molar-refractivity contribution < 1.29 is 0 Å². The van der Waals surface area contributed by atoms with E-state index in [9.17, 15) is 0 Å². The molecule has 0 aromatic heterocycles. The lowest BCUT2D eigenvalue weighted by Crippen LogP contribution is -1.91. The predicted octanol–water partition coefficient (Wildman–Crippen LogP) is 6.04. The van der Waals surface area contributed by atoms with Crippen LogP contribution >= 0.6 is 46.4 Å². The lowest BCUT2D eigenvalue weighted by molar-refractivity contribution is 1.55. The molecule has 2 aromatic rings. The fourth-order valence-electron chi connectivity index (χ4n) is 1.33. The molecule has 1 nitrogen and oxygen atoms in total. The molecule has 0 bridgehead atoms. The summed E-state index contributed by atoms with van der Waals surface area (Å²) in [5, 5.41) is 5.35. The number of rotatable bonds is 2. The van der Waals surface area contributed by atoms with Crippen LogP contribution < -0.4 is 5.32 Å². The summed E-state index contributed by atoms with van der Waals surface area (Å²) < 4.78 is 0. The van der Waals surface area contributed by atoms with E-state index in [2.05, 4.69) is 5.32 Å². The molecule has 5 heteroatoms. The number of nitrogens with one attached hydrogen (secondary N) is 1. The molecule has 2 aromatic carbocycles. The van der Waals surface area contributed by atoms with Gasteiger partial charge in [0.15, 0.2) is 0 Å². The molecule has 1 N–H and O–H groups in total. The Kier molecular flexibility index (Phi) is 4.05. The van der Waals surface area contributed by atoms with Crippen LogP contribution in [0, 0.1) is 0 Å². The van der Waals surface area contributed by atoms with E-state index in [1.54, 1.807) is 36.4 Å². The van der Waals surface area contributed by atoms with Gasteiger partial charge in [0.05, 0.1) is 21.4 Å². The zero-order valence-corrected chi connectivity index (χ0v) is 11.5. The van der Waals surface area contributed by atoms with Gasteiger partial charge in [-0.3, -0.25) is 0 Å². The van der Waals surface area contributed by atoms with E-state index in [4.69, 9.17) is 46.4 Å². The number of hydrogen-bond donors (Lipinski definition) is 1. The van der Waals surface area contributed by atoms with E-state index >= 15 is 0 Å². The van der Waals surface area contributed by atoms with Crippen molar-refractivity contribution in [2.75, 3.05) is 5.32 Å². The highest BCUT2D eigenvalue weighted by molar-refractivity contribution is 6.37. The first-order valence-electron chi connectivity index (χ1n) is 4.73. The van der Waals surface area contributed by atoms with Gasteiger partial charge in [0.25, 0.3) is 0 Å². The van der Waals surface area contributed by atoms with Crippen molar-refractivity contribution >= 4 is 57.8 Å². The Morgan fingerprint density at radius 1 is 0.647 bits per heavy atom. The van der Waals surface area contributed by atoms with Gasteiger partial charge in [-0.1, -0.05) is 46.4 Å². The van der Waals surface area contributed by atoms with Gasteiger partial charge in [-0.05, 0) is 36.4 Å². The molecule has 0 heterocycles. The molecule has 0 aliphatic carbocycles.